The highest BCUT2D eigenvalue weighted by atomic mass is 19.1. The Balaban J connectivity index is 1.94. The van der Waals surface area contributed by atoms with Gasteiger partial charge in [-0.3, -0.25) is 0 Å². The van der Waals surface area contributed by atoms with Crippen LogP contribution in [0.1, 0.15) is 62.7 Å². The van der Waals surface area contributed by atoms with Crippen LogP contribution in [0.3, 0.4) is 0 Å². The number of nitrogens with zero attached hydrogens (tertiary/aromatic N) is 4. The number of aryl methyl sites for hydroxylation is 1. The van der Waals surface area contributed by atoms with Crippen LogP contribution in [0.25, 0.3) is 0 Å². The summed E-state index contributed by atoms with van der Waals surface area (Å²) < 4.78 is 13.4. The van der Waals surface area contributed by atoms with Gasteiger partial charge in [-0.15, -0.1) is 0 Å². The Morgan fingerprint density at radius 3 is 2.35 bits per heavy atom. The molecular formula is C24H34FN5O. The molecule has 0 radical (unpaired) electrons. The number of halogens is 1. The van der Waals surface area contributed by atoms with E-state index in [0.717, 1.165) is 54.4 Å². The van der Waals surface area contributed by atoms with Crippen LogP contribution in [0.4, 0.5) is 15.0 Å². The second-order valence-corrected chi connectivity index (χ2v) is 8.11. The number of hydrogen-bond donors (Lipinski definition) is 1. The van der Waals surface area contributed by atoms with E-state index in [0.29, 0.717) is 26.1 Å². The molecule has 7 heteroatoms. The van der Waals surface area contributed by atoms with Crippen molar-refractivity contribution in [3.63, 3.8) is 0 Å². The Morgan fingerprint density at radius 1 is 1.10 bits per heavy atom. The molecule has 6 nitrogen and oxygen atoms in total. The lowest BCUT2D eigenvalue weighted by atomic mass is 10.0. The summed E-state index contributed by atoms with van der Waals surface area (Å²) in [5, 5.41) is 2.88. The molecule has 2 aromatic rings. The highest BCUT2D eigenvalue weighted by Crippen LogP contribution is 2.28. The average molecular weight is 428 g/mol. The minimum absolute atomic E-state index is 0.00841. The number of hydrogen-bond acceptors (Lipinski definition) is 4. The van der Waals surface area contributed by atoms with Crippen LogP contribution in [-0.4, -0.2) is 53.6 Å². The van der Waals surface area contributed by atoms with Crippen molar-refractivity contribution >= 4 is 11.8 Å². The Labute approximate surface area is 184 Å². The Morgan fingerprint density at radius 2 is 1.77 bits per heavy atom. The van der Waals surface area contributed by atoms with Gasteiger partial charge in [-0.05, 0) is 37.5 Å². The molecule has 2 amide bonds. The van der Waals surface area contributed by atoms with E-state index in [9.17, 15) is 9.18 Å². The maximum atomic E-state index is 13.4. The second-order valence-electron chi connectivity index (χ2n) is 8.11. The number of carbonyl (C=O) groups is 1. The summed E-state index contributed by atoms with van der Waals surface area (Å²) in [6.07, 6.45) is 2.45. The number of piperazine rings is 1. The van der Waals surface area contributed by atoms with Crippen molar-refractivity contribution in [2.45, 2.75) is 52.9 Å². The van der Waals surface area contributed by atoms with Crippen molar-refractivity contribution in [1.82, 2.24) is 20.2 Å². The minimum Gasteiger partial charge on any atom is -0.353 e. The van der Waals surface area contributed by atoms with Gasteiger partial charge in [0.25, 0.3) is 0 Å². The van der Waals surface area contributed by atoms with Crippen LogP contribution < -0.4 is 10.2 Å². The first kappa shape index (κ1) is 23.0. The molecule has 1 atom stereocenters. The maximum Gasteiger partial charge on any atom is 0.317 e. The number of amides is 2. The molecule has 1 aromatic heterocycles. The van der Waals surface area contributed by atoms with Gasteiger partial charge in [0, 0.05) is 56.3 Å². The average Bonchev–Trinajstić information content (AvgIpc) is 2.80. The summed E-state index contributed by atoms with van der Waals surface area (Å²) in [4.78, 5) is 26.3. The monoisotopic (exact) mass is 427 g/mol. The van der Waals surface area contributed by atoms with E-state index < -0.39 is 0 Å². The van der Waals surface area contributed by atoms with Gasteiger partial charge in [0.2, 0.25) is 0 Å². The highest BCUT2D eigenvalue weighted by molar-refractivity contribution is 5.74. The lowest BCUT2D eigenvalue weighted by Gasteiger charge is -2.36. The van der Waals surface area contributed by atoms with Crippen LogP contribution in [0.2, 0.25) is 0 Å². The molecule has 31 heavy (non-hydrogen) atoms. The van der Waals surface area contributed by atoms with E-state index in [2.05, 4.69) is 31.0 Å². The molecule has 1 aliphatic rings. The molecule has 0 saturated carbocycles. The third kappa shape index (κ3) is 5.51. The van der Waals surface area contributed by atoms with Gasteiger partial charge in [-0.25, -0.2) is 19.2 Å². The molecule has 1 aliphatic heterocycles. The Bertz CT molecular complexity index is 878. The number of aromatic nitrogens is 2. The van der Waals surface area contributed by atoms with Crippen molar-refractivity contribution in [3.8, 4) is 0 Å². The molecular weight excluding hydrogens is 393 g/mol. The van der Waals surface area contributed by atoms with Crippen LogP contribution in [-0.2, 0) is 12.8 Å². The van der Waals surface area contributed by atoms with Gasteiger partial charge in [0.05, 0.1) is 0 Å². The predicted octanol–water partition coefficient (Wildman–Crippen LogP) is 4.13. The standard InChI is InChI=1S/C24H34FN5O/c1-5-17(4)22-27-21(6-2)20(16-18-8-10-19(25)11-9-18)23(28-22)29-12-14-30(15-13-29)24(31)26-7-3/h8-11,17H,5-7,12-16H2,1-4H3,(H,26,31). The van der Waals surface area contributed by atoms with E-state index >= 15 is 0 Å². The number of anilines is 1. The zero-order valence-electron chi connectivity index (χ0n) is 19.1. The van der Waals surface area contributed by atoms with E-state index in [1.165, 1.54) is 12.1 Å². The van der Waals surface area contributed by atoms with E-state index in [1.807, 2.05) is 24.0 Å². The predicted molar refractivity (Wildman–Crippen MR) is 122 cm³/mol. The number of urea groups is 1. The molecule has 1 N–H and O–H groups in total. The number of nitrogens with one attached hydrogen (secondary N) is 1. The van der Waals surface area contributed by atoms with Gasteiger partial charge in [0.15, 0.2) is 0 Å². The van der Waals surface area contributed by atoms with Crippen molar-refractivity contribution in [2.24, 2.45) is 0 Å². The van der Waals surface area contributed by atoms with E-state index in [4.69, 9.17) is 9.97 Å². The molecule has 1 fully saturated rings. The maximum absolute atomic E-state index is 13.4. The molecule has 0 bridgehead atoms. The molecule has 168 valence electrons. The van der Waals surface area contributed by atoms with Crippen LogP contribution in [0, 0.1) is 5.82 Å². The largest absolute Gasteiger partial charge is 0.353 e. The first-order chi connectivity index (χ1) is 15.0. The van der Waals surface area contributed by atoms with E-state index in [1.54, 1.807) is 0 Å². The minimum atomic E-state index is -0.232. The summed E-state index contributed by atoms with van der Waals surface area (Å²) >= 11 is 0. The molecule has 1 saturated heterocycles. The summed E-state index contributed by atoms with van der Waals surface area (Å²) in [5.41, 5.74) is 3.20. The second kappa shape index (κ2) is 10.6. The van der Waals surface area contributed by atoms with Crippen LogP contribution >= 0.6 is 0 Å². The molecule has 3 rings (SSSR count). The van der Waals surface area contributed by atoms with Gasteiger partial charge in [0.1, 0.15) is 17.5 Å². The quantitative estimate of drug-likeness (QED) is 0.722. The zero-order valence-corrected chi connectivity index (χ0v) is 19.1. The highest BCUT2D eigenvalue weighted by Gasteiger charge is 2.26. The number of carbonyl (C=O) groups excluding carboxylic acids is 1. The van der Waals surface area contributed by atoms with E-state index in [-0.39, 0.29) is 17.8 Å². The van der Waals surface area contributed by atoms with Gasteiger partial charge >= 0.3 is 6.03 Å². The lowest BCUT2D eigenvalue weighted by Crippen LogP contribution is -2.52. The lowest BCUT2D eigenvalue weighted by molar-refractivity contribution is 0.195. The zero-order chi connectivity index (χ0) is 22.4. The normalized spacial score (nSPS) is 15.1. The first-order valence-corrected chi connectivity index (χ1v) is 11.4. The van der Waals surface area contributed by atoms with Crippen molar-refractivity contribution < 1.29 is 9.18 Å². The fourth-order valence-corrected chi connectivity index (χ4v) is 3.86. The van der Waals surface area contributed by atoms with Crippen molar-refractivity contribution in [2.75, 3.05) is 37.6 Å². The fourth-order valence-electron chi connectivity index (χ4n) is 3.86. The Kier molecular flexibility index (Phi) is 7.82. The third-order valence-corrected chi connectivity index (χ3v) is 5.96. The smallest absolute Gasteiger partial charge is 0.317 e. The number of rotatable bonds is 7. The first-order valence-electron chi connectivity index (χ1n) is 11.4. The summed E-state index contributed by atoms with van der Waals surface area (Å²) in [6, 6.07) is 6.65. The summed E-state index contributed by atoms with van der Waals surface area (Å²) in [6.45, 7) is 11.8. The molecule has 0 spiro atoms. The van der Waals surface area contributed by atoms with Gasteiger partial charge in [-0.1, -0.05) is 32.9 Å². The Hall–Kier alpha value is -2.70. The summed E-state index contributed by atoms with van der Waals surface area (Å²) in [5.74, 6) is 1.88. The molecule has 1 unspecified atom stereocenters. The third-order valence-electron chi connectivity index (χ3n) is 5.96. The summed E-state index contributed by atoms with van der Waals surface area (Å²) in [7, 11) is 0. The van der Waals surface area contributed by atoms with Gasteiger partial charge in [-0.2, -0.15) is 0 Å². The topological polar surface area (TPSA) is 61.4 Å². The van der Waals surface area contributed by atoms with Crippen LogP contribution in [0.5, 0.6) is 0 Å². The van der Waals surface area contributed by atoms with Crippen molar-refractivity contribution in [1.29, 1.82) is 0 Å². The molecule has 0 aliphatic carbocycles. The SMILES string of the molecule is CCNC(=O)N1CCN(c2nc(C(C)CC)nc(CC)c2Cc2ccc(F)cc2)CC1. The molecule has 2 heterocycles. The number of benzene rings is 1. The molecule has 1 aromatic carbocycles. The fraction of sp³-hybridized carbons (Fsp3) is 0.542. The van der Waals surface area contributed by atoms with Crippen molar-refractivity contribution in [3.05, 3.63) is 52.7 Å². The van der Waals surface area contributed by atoms with Gasteiger partial charge < -0.3 is 15.1 Å². The van der Waals surface area contributed by atoms with Crippen LogP contribution in [0.15, 0.2) is 24.3 Å².